The zero-order valence-corrected chi connectivity index (χ0v) is 7.99. The lowest BCUT2D eigenvalue weighted by molar-refractivity contribution is 0.735. The lowest BCUT2D eigenvalue weighted by Crippen LogP contribution is -2.11. The summed E-state index contributed by atoms with van der Waals surface area (Å²) < 4.78 is 0. The molecule has 11 heavy (non-hydrogen) atoms. The van der Waals surface area contributed by atoms with Gasteiger partial charge in [0.05, 0.1) is 0 Å². The molecule has 1 nitrogen and oxygen atoms in total. The Hall–Kier alpha value is 0.0500. The van der Waals surface area contributed by atoms with E-state index < -0.39 is 0 Å². The second-order valence-corrected chi connectivity index (χ2v) is 4.01. The molecule has 0 aromatic heterocycles. The van der Waals surface area contributed by atoms with E-state index in [2.05, 4.69) is 36.2 Å². The highest BCUT2D eigenvalue weighted by atomic mass is 32.2. The predicted octanol–water partition coefficient (Wildman–Crippen LogP) is 1.91. The van der Waals surface area contributed by atoms with E-state index >= 15 is 0 Å². The predicted molar refractivity (Wildman–Crippen MR) is 53.1 cm³/mol. The summed E-state index contributed by atoms with van der Waals surface area (Å²) >= 11 is 2.07. The summed E-state index contributed by atoms with van der Waals surface area (Å²) in [5.41, 5.74) is 0. The minimum atomic E-state index is 0.860. The lowest BCUT2D eigenvalue weighted by atomic mass is 10.1. The molecule has 1 N–H and O–H groups in total. The van der Waals surface area contributed by atoms with Gasteiger partial charge in [-0.05, 0) is 30.4 Å². The Labute approximate surface area is 73.6 Å². The molecule has 1 atom stereocenters. The molecule has 1 fully saturated rings. The number of rotatable bonds is 4. The summed E-state index contributed by atoms with van der Waals surface area (Å²) in [6.45, 7) is 4.25. The molecule has 1 aliphatic rings. The third-order valence-electron chi connectivity index (χ3n) is 1.89. The summed E-state index contributed by atoms with van der Waals surface area (Å²) in [5, 5.41) is 3.28. The first-order valence-corrected chi connectivity index (χ1v) is 5.54. The number of hydrogen-bond acceptors (Lipinski definition) is 2. The molecular formula is C9H17NS. The molecule has 1 unspecified atom stereocenters. The molecule has 0 aliphatic carbocycles. The molecule has 64 valence electrons. The van der Waals surface area contributed by atoms with E-state index in [1.54, 1.807) is 0 Å². The van der Waals surface area contributed by atoms with Crippen molar-refractivity contribution in [1.82, 2.24) is 5.32 Å². The summed E-state index contributed by atoms with van der Waals surface area (Å²) in [4.78, 5) is 0. The fourth-order valence-corrected chi connectivity index (χ4v) is 2.41. The molecule has 0 aromatic carbocycles. The quantitative estimate of drug-likeness (QED) is 0.512. The van der Waals surface area contributed by atoms with Crippen molar-refractivity contribution in [2.45, 2.75) is 13.3 Å². The fourth-order valence-electron chi connectivity index (χ4n) is 1.19. The maximum atomic E-state index is 3.28. The molecule has 1 rings (SSSR count). The molecule has 1 saturated heterocycles. The first kappa shape index (κ1) is 9.14. The van der Waals surface area contributed by atoms with Crippen molar-refractivity contribution in [3.05, 3.63) is 12.2 Å². The number of thioether (sulfide) groups is 1. The minimum Gasteiger partial charge on any atom is -0.314 e. The number of allylic oxidation sites excluding steroid dienone is 1. The molecule has 1 aliphatic heterocycles. The molecule has 0 spiro atoms. The van der Waals surface area contributed by atoms with E-state index in [-0.39, 0.29) is 0 Å². The molecule has 0 saturated carbocycles. The van der Waals surface area contributed by atoms with Gasteiger partial charge in [0.15, 0.2) is 0 Å². The minimum absolute atomic E-state index is 0.860. The van der Waals surface area contributed by atoms with Crippen LogP contribution >= 0.6 is 11.8 Å². The lowest BCUT2D eigenvalue weighted by Gasteiger charge is -1.99. The Morgan fingerprint density at radius 1 is 1.64 bits per heavy atom. The third kappa shape index (κ3) is 3.82. The van der Waals surface area contributed by atoms with E-state index in [9.17, 15) is 0 Å². The van der Waals surface area contributed by atoms with Crippen LogP contribution in [0.1, 0.15) is 13.3 Å². The van der Waals surface area contributed by atoms with E-state index in [1.165, 1.54) is 17.9 Å². The summed E-state index contributed by atoms with van der Waals surface area (Å²) in [5.74, 6) is 3.55. The summed E-state index contributed by atoms with van der Waals surface area (Å²) in [6.07, 6.45) is 6.01. The van der Waals surface area contributed by atoms with Gasteiger partial charge in [-0.3, -0.25) is 0 Å². The second-order valence-electron chi connectivity index (χ2n) is 2.86. The van der Waals surface area contributed by atoms with Gasteiger partial charge in [-0.25, -0.2) is 0 Å². The summed E-state index contributed by atoms with van der Waals surface area (Å²) in [7, 11) is 0. The highest BCUT2D eigenvalue weighted by Crippen LogP contribution is 2.23. The number of likely N-dealkylation sites (N-methyl/N-ethyl adjacent to an activating group) is 1. The van der Waals surface area contributed by atoms with Gasteiger partial charge in [0.2, 0.25) is 0 Å². The van der Waals surface area contributed by atoms with Gasteiger partial charge in [0.1, 0.15) is 0 Å². The Morgan fingerprint density at radius 3 is 3.18 bits per heavy atom. The molecule has 0 aromatic rings. The summed E-state index contributed by atoms with van der Waals surface area (Å²) in [6, 6.07) is 0. The highest BCUT2D eigenvalue weighted by Gasteiger charge is 2.10. The van der Waals surface area contributed by atoms with Crippen LogP contribution in [0, 0.1) is 5.92 Å². The van der Waals surface area contributed by atoms with E-state index in [4.69, 9.17) is 0 Å². The second kappa shape index (κ2) is 5.67. The largest absolute Gasteiger partial charge is 0.314 e. The van der Waals surface area contributed by atoms with Crippen LogP contribution in [0.3, 0.4) is 0 Å². The first-order valence-electron chi connectivity index (χ1n) is 4.38. The Bertz CT molecular complexity index is 117. The number of hydrogen-bond donors (Lipinski definition) is 1. The molecule has 2 heteroatoms. The molecule has 0 bridgehead atoms. The van der Waals surface area contributed by atoms with Crippen molar-refractivity contribution in [2.24, 2.45) is 5.92 Å². The fraction of sp³-hybridized carbons (Fsp3) is 0.778. The van der Waals surface area contributed by atoms with Crippen LogP contribution in [0.2, 0.25) is 0 Å². The Kier molecular flexibility index (Phi) is 4.71. The monoisotopic (exact) mass is 171 g/mol. The third-order valence-corrected chi connectivity index (χ3v) is 3.07. The van der Waals surface area contributed by atoms with Crippen LogP contribution in [-0.4, -0.2) is 24.6 Å². The zero-order chi connectivity index (χ0) is 7.94. The van der Waals surface area contributed by atoms with Crippen molar-refractivity contribution in [2.75, 3.05) is 24.6 Å². The molecule has 0 radical (unpaired) electrons. The van der Waals surface area contributed by atoms with E-state index in [1.807, 2.05) is 0 Å². The van der Waals surface area contributed by atoms with Crippen molar-refractivity contribution in [1.29, 1.82) is 0 Å². The highest BCUT2D eigenvalue weighted by molar-refractivity contribution is 7.99. The van der Waals surface area contributed by atoms with Crippen molar-refractivity contribution in [3.8, 4) is 0 Å². The Balaban J connectivity index is 2.03. The van der Waals surface area contributed by atoms with Gasteiger partial charge in [0.25, 0.3) is 0 Å². The van der Waals surface area contributed by atoms with Gasteiger partial charge in [-0.2, -0.15) is 11.8 Å². The van der Waals surface area contributed by atoms with Gasteiger partial charge in [0, 0.05) is 6.54 Å². The average Bonchev–Trinajstić information content (AvgIpc) is 2.50. The van der Waals surface area contributed by atoms with Crippen LogP contribution in [0.25, 0.3) is 0 Å². The molecular weight excluding hydrogens is 154 g/mol. The van der Waals surface area contributed by atoms with Crippen molar-refractivity contribution >= 4 is 11.8 Å². The van der Waals surface area contributed by atoms with E-state index in [0.717, 1.165) is 19.0 Å². The van der Waals surface area contributed by atoms with Crippen molar-refractivity contribution < 1.29 is 0 Å². The standard InChI is InChI=1S/C9H17NS/c1-2-10-6-3-4-9-5-7-11-8-9/h3-4,9-10H,2,5-8H2,1H3/b4-3+. The number of nitrogens with one attached hydrogen (secondary N) is 1. The Morgan fingerprint density at radius 2 is 2.55 bits per heavy atom. The molecule has 0 amide bonds. The van der Waals surface area contributed by atoms with Crippen molar-refractivity contribution in [3.63, 3.8) is 0 Å². The van der Waals surface area contributed by atoms with Crippen LogP contribution in [-0.2, 0) is 0 Å². The maximum absolute atomic E-state index is 3.28. The maximum Gasteiger partial charge on any atom is 0.0134 e. The normalized spacial score (nSPS) is 25.0. The van der Waals surface area contributed by atoms with Crippen LogP contribution in [0.5, 0.6) is 0 Å². The van der Waals surface area contributed by atoms with E-state index in [0.29, 0.717) is 0 Å². The van der Waals surface area contributed by atoms with Crippen LogP contribution in [0.4, 0.5) is 0 Å². The van der Waals surface area contributed by atoms with Crippen LogP contribution in [0.15, 0.2) is 12.2 Å². The average molecular weight is 171 g/mol. The van der Waals surface area contributed by atoms with Crippen LogP contribution < -0.4 is 5.32 Å². The topological polar surface area (TPSA) is 12.0 Å². The van der Waals surface area contributed by atoms with Gasteiger partial charge in [-0.1, -0.05) is 19.1 Å². The first-order chi connectivity index (χ1) is 5.43. The smallest absolute Gasteiger partial charge is 0.0134 e. The van der Waals surface area contributed by atoms with Gasteiger partial charge in [-0.15, -0.1) is 0 Å². The van der Waals surface area contributed by atoms with Gasteiger partial charge < -0.3 is 5.32 Å². The van der Waals surface area contributed by atoms with Gasteiger partial charge >= 0.3 is 0 Å². The zero-order valence-electron chi connectivity index (χ0n) is 7.18. The SMILES string of the molecule is CCNC/C=C/C1CCSC1. The molecule has 1 heterocycles.